The van der Waals surface area contributed by atoms with Gasteiger partial charge in [0, 0.05) is 12.1 Å². The maximum Gasteiger partial charge on any atom is 0.270 e. The molecule has 1 unspecified atom stereocenters. The number of nitrogens with zero attached hydrogens (tertiary/aromatic N) is 2. The quantitative estimate of drug-likeness (QED) is 0.857. The molecule has 0 radical (unpaired) electrons. The summed E-state index contributed by atoms with van der Waals surface area (Å²) in [6.07, 6.45) is 1.95. The molecule has 0 aromatic carbocycles. The van der Waals surface area contributed by atoms with E-state index in [4.69, 9.17) is 4.52 Å². The van der Waals surface area contributed by atoms with Crippen LogP contribution in [-0.4, -0.2) is 42.0 Å². The number of rotatable bonds is 4. The standard InChI is InChI=1S/C14H16N4O4S/c1-9-6-13(18-22-9)16-10-2-3-12(15-7-10)14(19)17-11-4-5-23(20,21)8-11/h2-3,6-7,11H,4-5,8H2,1H3,(H,16,18)(H,17,19). The third-order valence-electron chi connectivity index (χ3n) is 3.46. The summed E-state index contributed by atoms with van der Waals surface area (Å²) in [7, 11) is -3.02. The fraction of sp³-hybridized carbons (Fsp3) is 0.357. The summed E-state index contributed by atoms with van der Waals surface area (Å²) in [5, 5.41) is 9.49. The molecule has 0 aliphatic carbocycles. The molecule has 2 N–H and O–H groups in total. The fourth-order valence-electron chi connectivity index (χ4n) is 2.34. The van der Waals surface area contributed by atoms with E-state index in [0.717, 1.165) is 0 Å². The van der Waals surface area contributed by atoms with E-state index in [2.05, 4.69) is 20.8 Å². The highest BCUT2D eigenvalue weighted by molar-refractivity contribution is 7.91. The Labute approximate surface area is 133 Å². The van der Waals surface area contributed by atoms with Crippen molar-refractivity contribution in [2.45, 2.75) is 19.4 Å². The summed E-state index contributed by atoms with van der Waals surface area (Å²) in [6, 6.07) is 4.65. The minimum Gasteiger partial charge on any atom is -0.360 e. The lowest BCUT2D eigenvalue weighted by molar-refractivity contribution is 0.0936. The molecule has 2 aromatic rings. The van der Waals surface area contributed by atoms with Crippen LogP contribution in [0.2, 0.25) is 0 Å². The molecule has 3 rings (SSSR count). The highest BCUT2D eigenvalue weighted by Gasteiger charge is 2.29. The van der Waals surface area contributed by atoms with E-state index in [9.17, 15) is 13.2 Å². The van der Waals surface area contributed by atoms with E-state index < -0.39 is 9.84 Å². The van der Waals surface area contributed by atoms with E-state index in [-0.39, 0.29) is 29.1 Å². The Morgan fingerprint density at radius 1 is 1.39 bits per heavy atom. The first kappa shape index (κ1) is 15.5. The van der Waals surface area contributed by atoms with Gasteiger partial charge in [-0.05, 0) is 25.5 Å². The maximum atomic E-state index is 12.1. The van der Waals surface area contributed by atoms with Gasteiger partial charge in [0.25, 0.3) is 5.91 Å². The largest absolute Gasteiger partial charge is 0.360 e. The molecule has 0 saturated carbocycles. The van der Waals surface area contributed by atoms with Crippen molar-refractivity contribution in [2.75, 3.05) is 16.8 Å². The molecule has 1 atom stereocenters. The summed E-state index contributed by atoms with van der Waals surface area (Å²) in [5.41, 5.74) is 0.898. The van der Waals surface area contributed by atoms with Crippen LogP contribution >= 0.6 is 0 Å². The molecule has 0 spiro atoms. The van der Waals surface area contributed by atoms with E-state index in [1.54, 1.807) is 25.1 Å². The van der Waals surface area contributed by atoms with Crippen LogP contribution in [0.5, 0.6) is 0 Å². The van der Waals surface area contributed by atoms with E-state index >= 15 is 0 Å². The monoisotopic (exact) mass is 336 g/mol. The van der Waals surface area contributed by atoms with Gasteiger partial charge in [0.05, 0.1) is 23.4 Å². The van der Waals surface area contributed by atoms with Gasteiger partial charge < -0.3 is 15.2 Å². The van der Waals surface area contributed by atoms with Gasteiger partial charge in [-0.3, -0.25) is 4.79 Å². The Hall–Kier alpha value is -2.42. The minimum absolute atomic E-state index is 0.0100. The van der Waals surface area contributed by atoms with Crippen molar-refractivity contribution in [3.05, 3.63) is 35.9 Å². The Morgan fingerprint density at radius 3 is 2.78 bits per heavy atom. The van der Waals surface area contributed by atoms with E-state index in [1.165, 1.54) is 6.20 Å². The molecule has 23 heavy (non-hydrogen) atoms. The zero-order chi connectivity index (χ0) is 16.4. The Kier molecular flexibility index (Phi) is 4.03. The highest BCUT2D eigenvalue weighted by atomic mass is 32.2. The molecule has 1 fully saturated rings. The van der Waals surface area contributed by atoms with Gasteiger partial charge in [-0.2, -0.15) is 0 Å². The number of carbonyl (C=O) groups is 1. The molecular weight excluding hydrogens is 320 g/mol. The van der Waals surface area contributed by atoms with Crippen molar-refractivity contribution in [3.63, 3.8) is 0 Å². The zero-order valence-electron chi connectivity index (χ0n) is 12.4. The van der Waals surface area contributed by atoms with Crippen molar-refractivity contribution in [1.29, 1.82) is 0 Å². The number of pyridine rings is 1. The summed E-state index contributed by atoms with van der Waals surface area (Å²) in [5.74, 6) is 0.964. The number of aromatic nitrogens is 2. The lowest BCUT2D eigenvalue weighted by atomic mass is 10.2. The zero-order valence-corrected chi connectivity index (χ0v) is 13.3. The van der Waals surface area contributed by atoms with Crippen LogP contribution in [0.4, 0.5) is 11.5 Å². The first-order chi connectivity index (χ1) is 10.9. The van der Waals surface area contributed by atoms with Crippen LogP contribution in [0.3, 0.4) is 0 Å². The summed E-state index contributed by atoms with van der Waals surface area (Å²) < 4.78 is 27.7. The van der Waals surface area contributed by atoms with Crippen LogP contribution in [0.25, 0.3) is 0 Å². The van der Waals surface area contributed by atoms with E-state index in [0.29, 0.717) is 23.7 Å². The predicted octanol–water partition coefficient (Wildman–Crippen LogP) is 1.04. The summed E-state index contributed by atoms with van der Waals surface area (Å²) in [6.45, 7) is 1.78. The molecule has 1 aliphatic rings. The number of amides is 1. The van der Waals surface area contributed by atoms with Crippen molar-refractivity contribution in [2.24, 2.45) is 0 Å². The third-order valence-corrected chi connectivity index (χ3v) is 5.23. The number of hydrogen-bond acceptors (Lipinski definition) is 7. The van der Waals surface area contributed by atoms with Gasteiger partial charge in [0.1, 0.15) is 11.5 Å². The van der Waals surface area contributed by atoms with Crippen LogP contribution in [0.15, 0.2) is 28.9 Å². The summed E-state index contributed by atoms with van der Waals surface area (Å²) in [4.78, 5) is 16.1. The van der Waals surface area contributed by atoms with Gasteiger partial charge in [-0.15, -0.1) is 0 Å². The molecule has 8 nitrogen and oxygen atoms in total. The molecule has 2 aromatic heterocycles. The van der Waals surface area contributed by atoms with Crippen LogP contribution in [0.1, 0.15) is 22.7 Å². The second-order valence-corrected chi connectivity index (χ2v) is 7.68. The Balaban J connectivity index is 1.61. The average Bonchev–Trinajstić information content (AvgIpc) is 3.05. The minimum atomic E-state index is -3.02. The number of hydrogen-bond donors (Lipinski definition) is 2. The first-order valence-corrected chi connectivity index (χ1v) is 8.91. The van der Waals surface area contributed by atoms with Gasteiger partial charge in [0.2, 0.25) is 0 Å². The molecular formula is C14H16N4O4S. The predicted molar refractivity (Wildman–Crippen MR) is 83.3 cm³/mol. The summed E-state index contributed by atoms with van der Waals surface area (Å²) >= 11 is 0. The van der Waals surface area contributed by atoms with Gasteiger partial charge in [-0.25, -0.2) is 13.4 Å². The third kappa shape index (κ3) is 3.86. The number of aryl methyl sites for hydroxylation is 1. The highest BCUT2D eigenvalue weighted by Crippen LogP contribution is 2.16. The number of nitrogens with one attached hydrogen (secondary N) is 2. The molecule has 0 bridgehead atoms. The molecule has 1 saturated heterocycles. The van der Waals surface area contributed by atoms with Gasteiger partial charge in [0.15, 0.2) is 15.7 Å². The Morgan fingerprint density at radius 2 is 2.22 bits per heavy atom. The number of anilines is 2. The molecule has 1 amide bonds. The maximum absolute atomic E-state index is 12.1. The second kappa shape index (κ2) is 5.99. The SMILES string of the molecule is Cc1cc(Nc2ccc(C(=O)NC3CCS(=O)(=O)C3)nc2)no1. The first-order valence-electron chi connectivity index (χ1n) is 7.09. The van der Waals surface area contributed by atoms with Crippen molar-refractivity contribution >= 4 is 27.2 Å². The normalized spacial score (nSPS) is 19.4. The van der Waals surface area contributed by atoms with Gasteiger partial charge in [-0.1, -0.05) is 5.16 Å². The topological polar surface area (TPSA) is 114 Å². The number of sulfone groups is 1. The van der Waals surface area contributed by atoms with Crippen LogP contribution in [0, 0.1) is 6.92 Å². The van der Waals surface area contributed by atoms with Gasteiger partial charge >= 0.3 is 0 Å². The molecule has 122 valence electrons. The van der Waals surface area contributed by atoms with Crippen LogP contribution < -0.4 is 10.6 Å². The van der Waals surface area contributed by atoms with E-state index in [1.807, 2.05) is 0 Å². The van der Waals surface area contributed by atoms with Crippen molar-refractivity contribution < 1.29 is 17.7 Å². The lowest BCUT2D eigenvalue weighted by Gasteiger charge is -2.10. The molecule has 9 heteroatoms. The molecule has 3 heterocycles. The average molecular weight is 336 g/mol. The molecule has 1 aliphatic heterocycles. The fourth-order valence-corrected chi connectivity index (χ4v) is 4.02. The number of carbonyl (C=O) groups excluding carboxylic acids is 1. The van der Waals surface area contributed by atoms with Crippen molar-refractivity contribution in [1.82, 2.24) is 15.5 Å². The van der Waals surface area contributed by atoms with Crippen LogP contribution in [-0.2, 0) is 9.84 Å². The Bertz CT molecular complexity index is 814. The lowest BCUT2D eigenvalue weighted by Crippen LogP contribution is -2.36. The smallest absolute Gasteiger partial charge is 0.270 e. The second-order valence-electron chi connectivity index (χ2n) is 5.45. The van der Waals surface area contributed by atoms with Crippen molar-refractivity contribution in [3.8, 4) is 0 Å².